The smallest absolute Gasteiger partial charge is 0.0621 e. The zero-order chi connectivity index (χ0) is 14.4. The number of hydrogen-bond donors (Lipinski definition) is 1. The first-order valence-corrected chi connectivity index (χ1v) is 8.07. The minimum atomic E-state index is 0.346. The summed E-state index contributed by atoms with van der Waals surface area (Å²) in [5.74, 6) is 0.954. The zero-order valence-corrected chi connectivity index (χ0v) is 13.5. The highest BCUT2D eigenvalue weighted by atomic mass is 35.5. The average Bonchev–Trinajstić information content (AvgIpc) is 2.45. The van der Waals surface area contributed by atoms with E-state index in [9.17, 15) is 0 Å². The first kappa shape index (κ1) is 15.6. The summed E-state index contributed by atoms with van der Waals surface area (Å²) in [5.41, 5.74) is 1.12. The highest BCUT2D eigenvalue weighted by Crippen LogP contribution is 2.23. The number of likely N-dealkylation sites (N-methyl/N-ethyl adjacent to an activating group) is 1. The number of nitrogens with zero attached hydrogens (tertiary/aromatic N) is 1. The van der Waals surface area contributed by atoms with Crippen molar-refractivity contribution in [2.75, 3.05) is 12.8 Å². The van der Waals surface area contributed by atoms with E-state index in [1.54, 1.807) is 24.2 Å². The molecule has 0 radical (unpaired) electrons. The van der Waals surface area contributed by atoms with Gasteiger partial charge in [0, 0.05) is 34.1 Å². The molecule has 0 aliphatic carbocycles. The fraction of sp³-hybridized carbons (Fsp3) is 0.267. The molecule has 1 atom stereocenters. The summed E-state index contributed by atoms with van der Waals surface area (Å²) in [5, 5.41) is 4.82. The molecular weight excluding hydrogens is 311 g/mol. The van der Waals surface area contributed by atoms with E-state index in [1.807, 2.05) is 31.3 Å². The van der Waals surface area contributed by atoms with Crippen LogP contribution in [0.1, 0.15) is 5.56 Å². The van der Waals surface area contributed by atoms with Crippen molar-refractivity contribution in [3.63, 3.8) is 0 Å². The van der Waals surface area contributed by atoms with Crippen LogP contribution >= 0.6 is 35.0 Å². The van der Waals surface area contributed by atoms with Crippen LogP contribution in [0.3, 0.4) is 0 Å². The van der Waals surface area contributed by atoms with Crippen LogP contribution in [-0.4, -0.2) is 23.8 Å². The molecule has 0 spiro atoms. The molecule has 1 heterocycles. The van der Waals surface area contributed by atoms with E-state index in [1.165, 1.54) is 4.90 Å². The Bertz CT molecular complexity index is 563. The third-order valence-electron chi connectivity index (χ3n) is 2.98. The molecule has 0 saturated carbocycles. The molecule has 0 amide bonds. The second-order valence-electron chi connectivity index (χ2n) is 4.43. The van der Waals surface area contributed by atoms with Crippen LogP contribution in [0.2, 0.25) is 10.0 Å². The molecule has 1 aromatic carbocycles. The quantitative estimate of drug-likeness (QED) is 0.800. The third kappa shape index (κ3) is 4.67. The maximum absolute atomic E-state index is 6.15. The summed E-state index contributed by atoms with van der Waals surface area (Å²) >= 11 is 13.9. The Hall–Kier alpha value is -0.740. The van der Waals surface area contributed by atoms with Gasteiger partial charge in [0.1, 0.15) is 0 Å². The van der Waals surface area contributed by atoms with E-state index in [0.29, 0.717) is 6.04 Å². The van der Waals surface area contributed by atoms with E-state index in [0.717, 1.165) is 27.8 Å². The van der Waals surface area contributed by atoms with Gasteiger partial charge in [-0.15, -0.1) is 11.8 Å². The van der Waals surface area contributed by atoms with Gasteiger partial charge in [0.05, 0.1) is 5.02 Å². The van der Waals surface area contributed by atoms with Crippen LogP contribution in [0.15, 0.2) is 47.6 Å². The molecule has 5 heteroatoms. The second-order valence-corrected chi connectivity index (χ2v) is 6.36. The highest BCUT2D eigenvalue weighted by Gasteiger charge is 2.10. The van der Waals surface area contributed by atoms with Gasteiger partial charge < -0.3 is 5.32 Å². The van der Waals surface area contributed by atoms with Gasteiger partial charge in [0.2, 0.25) is 0 Å². The number of nitrogens with one attached hydrogen (secondary N) is 1. The second kappa shape index (κ2) is 7.89. The van der Waals surface area contributed by atoms with Crippen LogP contribution < -0.4 is 5.32 Å². The average molecular weight is 327 g/mol. The van der Waals surface area contributed by atoms with E-state index in [2.05, 4.69) is 16.4 Å². The minimum Gasteiger partial charge on any atom is -0.316 e. The molecule has 0 bridgehead atoms. The zero-order valence-electron chi connectivity index (χ0n) is 11.1. The molecule has 2 aromatic rings. The van der Waals surface area contributed by atoms with Crippen molar-refractivity contribution in [3.05, 3.63) is 58.3 Å². The van der Waals surface area contributed by atoms with Gasteiger partial charge in [-0.2, -0.15) is 0 Å². The third-order valence-corrected chi connectivity index (χ3v) is 4.71. The van der Waals surface area contributed by atoms with Gasteiger partial charge >= 0.3 is 0 Å². The Labute approximate surface area is 133 Å². The van der Waals surface area contributed by atoms with Gasteiger partial charge in [-0.1, -0.05) is 29.3 Å². The summed E-state index contributed by atoms with van der Waals surface area (Å²) < 4.78 is 0. The van der Waals surface area contributed by atoms with Crippen LogP contribution in [0.5, 0.6) is 0 Å². The van der Waals surface area contributed by atoms with E-state index in [4.69, 9.17) is 23.2 Å². The Balaban J connectivity index is 1.94. The van der Waals surface area contributed by atoms with Crippen LogP contribution in [-0.2, 0) is 6.42 Å². The highest BCUT2D eigenvalue weighted by molar-refractivity contribution is 7.99. The number of halogens is 2. The largest absolute Gasteiger partial charge is 0.316 e. The lowest BCUT2D eigenvalue weighted by Gasteiger charge is -2.16. The predicted molar refractivity (Wildman–Crippen MR) is 88.0 cm³/mol. The fourth-order valence-corrected chi connectivity index (χ4v) is 3.35. The van der Waals surface area contributed by atoms with Gasteiger partial charge in [-0.05, 0) is 43.3 Å². The summed E-state index contributed by atoms with van der Waals surface area (Å²) in [6, 6.07) is 10.2. The molecule has 2 nitrogen and oxygen atoms in total. The Morgan fingerprint density at radius 1 is 1.30 bits per heavy atom. The van der Waals surface area contributed by atoms with Gasteiger partial charge in [-0.3, -0.25) is 4.98 Å². The van der Waals surface area contributed by atoms with Gasteiger partial charge in [-0.25, -0.2) is 0 Å². The maximum atomic E-state index is 6.15. The summed E-state index contributed by atoms with van der Waals surface area (Å²) in [6.07, 6.45) is 4.34. The number of benzene rings is 1. The number of aromatic nitrogens is 1. The van der Waals surface area contributed by atoms with Crippen molar-refractivity contribution >= 4 is 35.0 Å². The van der Waals surface area contributed by atoms with Crippen LogP contribution in [0.4, 0.5) is 0 Å². The van der Waals surface area contributed by atoms with Gasteiger partial charge in [0.25, 0.3) is 0 Å². The van der Waals surface area contributed by atoms with Crippen molar-refractivity contribution in [3.8, 4) is 0 Å². The lowest BCUT2D eigenvalue weighted by atomic mass is 10.1. The summed E-state index contributed by atoms with van der Waals surface area (Å²) in [6.45, 7) is 0. The Kier molecular flexibility index (Phi) is 6.17. The topological polar surface area (TPSA) is 24.9 Å². The normalized spacial score (nSPS) is 12.3. The summed E-state index contributed by atoms with van der Waals surface area (Å²) in [7, 11) is 1.97. The maximum Gasteiger partial charge on any atom is 0.0621 e. The van der Waals surface area contributed by atoms with Crippen LogP contribution in [0, 0.1) is 0 Å². The predicted octanol–water partition coefficient (Wildman–Crippen LogP) is 4.31. The number of hydrogen-bond acceptors (Lipinski definition) is 3. The Morgan fingerprint density at radius 3 is 2.85 bits per heavy atom. The molecule has 0 saturated heterocycles. The molecule has 1 unspecified atom stereocenters. The lowest BCUT2D eigenvalue weighted by molar-refractivity contribution is 0.617. The van der Waals surface area contributed by atoms with Crippen molar-refractivity contribution in [1.29, 1.82) is 0 Å². The van der Waals surface area contributed by atoms with E-state index in [-0.39, 0.29) is 0 Å². The van der Waals surface area contributed by atoms with Crippen molar-refractivity contribution < 1.29 is 0 Å². The number of pyridine rings is 1. The lowest BCUT2D eigenvalue weighted by Crippen LogP contribution is -2.30. The molecule has 0 fully saturated rings. The Morgan fingerprint density at radius 2 is 2.15 bits per heavy atom. The SMILES string of the molecule is CNC(CSc1cccc(Cl)c1)Cc1ccncc1Cl. The molecule has 1 aromatic heterocycles. The number of rotatable bonds is 6. The standard InChI is InChI=1S/C15H16Cl2N2S/c1-18-13(7-11-5-6-19-9-15(11)17)10-20-14-4-2-3-12(16)8-14/h2-6,8-9,13,18H,7,10H2,1H3. The molecule has 1 N–H and O–H groups in total. The molecule has 2 rings (SSSR count). The minimum absolute atomic E-state index is 0.346. The van der Waals surface area contributed by atoms with Crippen molar-refractivity contribution in [2.45, 2.75) is 17.4 Å². The van der Waals surface area contributed by atoms with E-state index < -0.39 is 0 Å². The molecule has 0 aliphatic rings. The van der Waals surface area contributed by atoms with Crippen LogP contribution in [0.25, 0.3) is 0 Å². The first-order valence-electron chi connectivity index (χ1n) is 6.33. The van der Waals surface area contributed by atoms with E-state index >= 15 is 0 Å². The molecule has 0 aliphatic heterocycles. The van der Waals surface area contributed by atoms with Gasteiger partial charge in [0.15, 0.2) is 0 Å². The molecule has 20 heavy (non-hydrogen) atoms. The monoisotopic (exact) mass is 326 g/mol. The molecule has 106 valence electrons. The first-order chi connectivity index (χ1) is 9.69. The molecular formula is C15H16Cl2N2S. The summed E-state index contributed by atoms with van der Waals surface area (Å²) in [4.78, 5) is 5.19. The fourth-order valence-electron chi connectivity index (χ4n) is 1.83. The van der Waals surface area contributed by atoms with Crippen molar-refractivity contribution in [2.24, 2.45) is 0 Å². The number of thioether (sulfide) groups is 1. The van der Waals surface area contributed by atoms with Crippen molar-refractivity contribution in [1.82, 2.24) is 10.3 Å².